The molecule has 0 radical (unpaired) electrons. The van der Waals surface area contributed by atoms with Crippen molar-refractivity contribution in [2.24, 2.45) is 0 Å². The molecule has 0 fully saturated rings. The van der Waals surface area contributed by atoms with Gasteiger partial charge < -0.3 is 10.7 Å². The second-order valence-corrected chi connectivity index (χ2v) is 7.25. The molecule has 2 N–H and O–H groups in total. The lowest BCUT2D eigenvalue weighted by Crippen LogP contribution is -2.36. The number of aromatic nitrogens is 1. The normalized spacial score (nSPS) is 12.0. The highest BCUT2D eigenvalue weighted by Crippen LogP contribution is 2.22. The zero-order valence-electron chi connectivity index (χ0n) is 17.4. The Hall–Kier alpha value is -3.08. The lowest BCUT2D eigenvalue weighted by molar-refractivity contribution is 0.0936. The van der Waals surface area contributed by atoms with Gasteiger partial charge in [0.2, 0.25) is 0 Å². The van der Waals surface area contributed by atoms with Gasteiger partial charge in [0.15, 0.2) is 0 Å². The van der Waals surface area contributed by atoms with Crippen molar-refractivity contribution >= 4 is 16.7 Å². The standard InChI is InChI=1S/C24H29N3O2/c1-4-6-16-25-27-17(3)22(19-14-10-11-15-20(19)24(27)29)23(28)26-21(5-2)18-12-8-7-9-13-18/h7-15,21,25H,4-6,16H2,1-3H3,(H,26,28). The molecule has 2 aromatic carbocycles. The van der Waals surface area contributed by atoms with Gasteiger partial charge in [-0.15, -0.1) is 0 Å². The highest BCUT2D eigenvalue weighted by atomic mass is 16.2. The first-order valence-electron chi connectivity index (χ1n) is 10.3. The van der Waals surface area contributed by atoms with Crippen molar-refractivity contribution < 1.29 is 4.79 Å². The molecule has 0 aliphatic carbocycles. The molecule has 152 valence electrons. The predicted molar refractivity (Wildman–Crippen MR) is 119 cm³/mol. The van der Waals surface area contributed by atoms with Crippen LogP contribution in [0.25, 0.3) is 10.8 Å². The summed E-state index contributed by atoms with van der Waals surface area (Å²) in [5, 5.41) is 4.39. The van der Waals surface area contributed by atoms with Crippen molar-refractivity contribution in [2.75, 3.05) is 12.0 Å². The van der Waals surface area contributed by atoms with E-state index in [0.717, 1.165) is 24.8 Å². The molecule has 29 heavy (non-hydrogen) atoms. The summed E-state index contributed by atoms with van der Waals surface area (Å²) in [6.07, 6.45) is 2.75. The number of benzene rings is 2. The molecule has 0 saturated carbocycles. The number of nitrogens with one attached hydrogen (secondary N) is 2. The van der Waals surface area contributed by atoms with Crippen molar-refractivity contribution in [3.8, 4) is 0 Å². The van der Waals surface area contributed by atoms with Crippen molar-refractivity contribution in [3.63, 3.8) is 0 Å². The van der Waals surface area contributed by atoms with E-state index >= 15 is 0 Å². The van der Waals surface area contributed by atoms with Gasteiger partial charge in [-0.25, -0.2) is 4.68 Å². The van der Waals surface area contributed by atoms with E-state index in [4.69, 9.17) is 0 Å². The van der Waals surface area contributed by atoms with E-state index in [2.05, 4.69) is 24.6 Å². The Balaban J connectivity index is 2.05. The smallest absolute Gasteiger partial charge is 0.276 e. The number of hydrogen-bond donors (Lipinski definition) is 2. The number of fused-ring (bicyclic) bond motifs is 1. The third-order valence-corrected chi connectivity index (χ3v) is 5.27. The molecule has 1 atom stereocenters. The van der Waals surface area contributed by atoms with Gasteiger partial charge in [0.1, 0.15) is 0 Å². The number of nitrogens with zero attached hydrogens (tertiary/aromatic N) is 1. The van der Waals surface area contributed by atoms with Gasteiger partial charge in [-0.1, -0.05) is 68.8 Å². The Labute approximate surface area is 171 Å². The molecule has 0 spiro atoms. The van der Waals surface area contributed by atoms with E-state index in [1.807, 2.05) is 55.5 Å². The predicted octanol–water partition coefficient (Wildman–Crippen LogP) is 4.53. The summed E-state index contributed by atoms with van der Waals surface area (Å²) in [6.45, 7) is 6.66. The first kappa shape index (κ1) is 20.6. The number of carbonyl (C=O) groups excluding carboxylic acids is 1. The Kier molecular flexibility index (Phi) is 6.70. The van der Waals surface area contributed by atoms with Crippen LogP contribution < -0.4 is 16.3 Å². The van der Waals surface area contributed by atoms with Gasteiger partial charge in [-0.05, 0) is 31.4 Å². The fourth-order valence-corrected chi connectivity index (χ4v) is 3.65. The first-order valence-corrected chi connectivity index (χ1v) is 10.3. The van der Waals surface area contributed by atoms with E-state index in [0.29, 0.717) is 28.6 Å². The third-order valence-electron chi connectivity index (χ3n) is 5.27. The van der Waals surface area contributed by atoms with E-state index in [-0.39, 0.29) is 17.5 Å². The number of unbranched alkanes of at least 4 members (excludes halogenated alkanes) is 1. The average Bonchev–Trinajstić information content (AvgIpc) is 2.75. The average molecular weight is 392 g/mol. The van der Waals surface area contributed by atoms with Crippen molar-refractivity contribution in [2.45, 2.75) is 46.1 Å². The number of hydrogen-bond acceptors (Lipinski definition) is 3. The van der Waals surface area contributed by atoms with Crippen molar-refractivity contribution in [1.29, 1.82) is 0 Å². The van der Waals surface area contributed by atoms with Gasteiger partial charge >= 0.3 is 0 Å². The minimum Gasteiger partial charge on any atom is -0.345 e. The van der Waals surface area contributed by atoms with Crippen LogP contribution in [-0.4, -0.2) is 17.1 Å². The quantitative estimate of drug-likeness (QED) is 0.554. The Bertz CT molecular complexity index is 1040. The summed E-state index contributed by atoms with van der Waals surface area (Å²) in [6, 6.07) is 17.2. The Morgan fingerprint density at radius 1 is 1.00 bits per heavy atom. The molecule has 1 heterocycles. The highest BCUT2D eigenvalue weighted by molar-refractivity contribution is 6.07. The first-order chi connectivity index (χ1) is 14.1. The van der Waals surface area contributed by atoms with Gasteiger partial charge in [0.05, 0.1) is 17.3 Å². The van der Waals surface area contributed by atoms with Crippen LogP contribution in [0.15, 0.2) is 59.4 Å². The zero-order chi connectivity index (χ0) is 20.8. The molecule has 0 saturated heterocycles. The minimum absolute atomic E-state index is 0.0877. The topological polar surface area (TPSA) is 63.1 Å². The summed E-state index contributed by atoms with van der Waals surface area (Å²) in [4.78, 5) is 26.3. The third kappa shape index (κ3) is 4.34. The summed E-state index contributed by atoms with van der Waals surface area (Å²) in [7, 11) is 0. The number of carbonyl (C=O) groups is 1. The van der Waals surface area contributed by atoms with Crippen LogP contribution in [0.3, 0.4) is 0 Å². The fourth-order valence-electron chi connectivity index (χ4n) is 3.65. The van der Waals surface area contributed by atoms with Gasteiger partial charge in [0.25, 0.3) is 11.5 Å². The molecule has 5 heteroatoms. The van der Waals surface area contributed by atoms with E-state index in [1.165, 1.54) is 4.68 Å². The van der Waals surface area contributed by atoms with E-state index in [9.17, 15) is 9.59 Å². The van der Waals surface area contributed by atoms with Crippen LogP contribution in [-0.2, 0) is 0 Å². The zero-order valence-corrected chi connectivity index (χ0v) is 17.4. The maximum atomic E-state index is 13.4. The summed E-state index contributed by atoms with van der Waals surface area (Å²) in [5.41, 5.74) is 5.31. The summed E-state index contributed by atoms with van der Waals surface area (Å²) >= 11 is 0. The van der Waals surface area contributed by atoms with Gasteiger partial charge in [-0.3, -0.25) is 9.59 Å². The Morgan fingerprint density at radius 3 is 2.31 bits per heavy atom. The maximum absolute atomic E-state index is 13.4. The number of pyridine rings is 1. The van der Waals surface area contributed by atoms with Crippen molar-refractivity contribution in [1.82, 2.24) is 9.99 Å². The molecular formula is C24H29N3O2. The van der Waals surface area contributed by atoms with Gasteiger partial charge in [0, 0.05) is 17.3 Å². The van der Waals surface area contributed by atoms with E-state index in [1.54, 1.807) is 6.07 Å². The summed E-state index contributed by atoms with van der Waals surface area (Å²) in [5.74, 6) is -0.166. The Morgan fingerprint density at radius 2 is 1.66 bits per heavy atom. The molecule has 3 rings (SSSR count). The SMILES string of the molecule is CCCCNn1c(C)c(C(=O)NC(CC)c2ccccc2)c2ccccc2c1=O. The minimum atomic E-state index is -0.166. The molecule has 3 aromatic rings. The van der Waals surface area contributed by atoms with Crippen LogP contribution in [0.5, 0.6) is 0 Å². The number of amides is 1. The molecule has 0 aliphatic rings. The largest absolute Gasteiger partial charge is 0.345 e. The van der Waals surface area contributed by atoms with Crippen LogP contribution in [0.2, 0.25) is 0 Å². The van der Waals surface area contributed by atoms with Crippen LogP contribution in [0, 0.1) is 6.92 Å². The van der Waals surface area contributed by atoms with Crippen LogP contribution >= 0.6 is 0 Å². The molecule has 5 nitrogen and oxygen atoms in total. The molecule has 1 amide bonds. The second-order valence-electron chi connectivity index (χ2n) is 7.25. The molecule has 0 bridgehead atoms. The molecule has 1 unspecified atom stereocenters. The van der Waals surface area contributed by atoms with Crippen LogP contribution in [0.1, 0.15) is 60.8 Å². The monoisotopic (exact) mass is 391 g/mol. The summed E-state index contributed by atoms with van der Waals surface area (Å²) < 4.78 is 1.52. The van der Waals surface area contributed by atoms with Crippen LogP contribution in [0.4, 0.5) is 0 Å². The molecule has 1 aromatic heterocycles. The lowest BCUT2D eigenvalue weighted by Gasteiger charge is -2.21. The highest BCUT2D eigenvalue weighted by Gasteiger charge is 2.21. The molecular weight excluding hydrogens is 362 g/mol. The molecule has 0 aliphatic heterocycles. The number of rotatable bonds is 8. The van der Waals surface area contributed by atoms with Gasteiger partial charge in [-0.2, -0.15) is 0 Å². The second kappa shape index (κ2) is 9.41. The maximum Gasteiger partial charge on any atom is 0.276 e. The lowest BCUT2D eigenvalue weighted by atomic mass is 10.0. The fraction of sp³-hybridized carbons (Fsp3) is 0.333. The van der Waals surface area contributed by atoms with Crippen molar-refractivity contribution in [3.05, 3.63) is 81.8 Å². The van der Waals surface area contributed by atoms with E-state index < -0.39 is 0 Å².